The third kappa shape index (κ3) is 4.93. The molecule has 7 nitrogen and oxygen atoms in total. The lowest BCUT2D eigenvalue weighted by Gasteiger charge is -2.27. The van der Waals surface area contributed by atoms with Gasteiger partial charge in [0.15, 0.2) is 0 Å². The number of hydrogen-bond donors (Lipinski definition) is 4. The van der Waals surface area contributed by atoms with Gasteiger partial charge in [0.2, 0.25) is 11.8 Å². The van der Waals surface area contributed by atoms with Gasteiger partial charge >= 0.3 is 0 Å². The first-order valence-electron chi connectivity index (χ1n) is 9.64. The zero-order valence-corrected chi connectivity index (χ0v) is 15.9. The van der Waals surface area contributed by atoms with Crippen LogP contribution in [-0.4, -0.2) is 42.2 Å². The molecule has 0 spiro atoms. The lowest BCUT2D eigenvalue weighted by Crippen LogP contribution is -2.49. The van der Waals surface area contributed by atoms with Crippen LogP contribution in [-0.2, 0) is 11.3 Å². The molecular weight excluding hydrogens is 330 g/mol. The van der Waals surface area contributed by atoms with Crippen molar-refractivity contribution < 1.29 is 9.53 Å². The van der Waals surface area contributed by atoms with Crippen molar-refractivity contribution in [3.8, 4) is 5.88 Å². The van der Waals surface area contributed by atoms with Crippen LogP contribution in [0.1, 0.15) is 39.2 Å². The Hall–Kier alpha value is -1.70. The number of aromatic nitrogens is 1. The third-order valence-electron chi connectivity index (χ3n) is 5.06. The van der Waals surface area contributed by atoms with Crippen LogP contribution in [0.4, 0.5) is 0 Å². The SMILES string of the molecule is CC(C)CC(C)Oc1cc(CNC(=O)C2NNC3CCNCC32)ccn1. The average molecular weight is 361 g/mol. The van der Waals surface area contributed by atoms with Crippen molar-refractivity contribution in [2.75, 3.05) is 13.1 Å². The molecule has 2 fully saturated rings. The zero-order chi connectivity index (χ0) is 18.5. The number of ether oxygens (including phenoxy) is 1. The molecule has 26 heavy (non-hydrogen) atoms. The number of rotatable bonds is 7. The third-order valence-corrected chi connectivity index (χ3v) is 5.06. The van der Waals surface area contributed by atoms with Gasteiger partial charge in [-0.05, 0) is 43.9 Å². The summed E-state index contributed by atoms with van der Waals surface area (Å²) in [5, 5.41) is 6.40. The Morgan fingerprint density at radius 3 is 3.04 bits per heavy atom. The van der Waals surface area contributed by atoms with E-state index in [1.807, 2.05) is 12.1 Å². The Bertz CT molecular complexity index is 609. The summed E-state index contributed by atoms with van der Waals surface area (Å²) < 4.78 is 5.89. The van der Waals surface area contributed by atoms with E-state index in [1.54, 1.807) is 6.20 Å². The van der Waals surface area contributed by atoms with Crippen LogP contribution in [0.3, 0.4) is 0 Å². The molecule has 0 aliphatic carbocycles. The number of amides is 1. The van der Waals surface area contributed by atoms with Crippen molar-refractivity contribution in [1.29, 1.82) is 0 Å². The molecule has 0 aromatic carbocycles. The van der Waals surface area contributed by atoms with Crippen LogP contribution in [0.5, 0.6) is 5.88 Å². The van der Waals surface area contributed by atoms with Crippen molar-refractivity contribution >= 4 is 5.91 Å². The van der Waals surface area contributed by atoms with Gasteiger partial charge in [-0.2, -0.15) is 0 Å². The number of carbonyl (C=O) groups is 1. The Kier molecular flexibility index (Phi) is 6.45. The molecule has 4 atom stereocenters. The topological polar surface area (TPSA) is 87.3 Å². The van der Waals surface area contributed by atoms with Gasteiger partial charge in [-0.25, -0.2) is 10.4 Å². The maximum absolute atomic E-state index is 12.6. The second-order valence-corrected chi connectivity index (χ2v) is 7.81. The van der Waals surface area contributed by atoms with Crippen LogP contribution >= 0.6 is 0 Å². The summed E-state index contributed by atoms with van der Waals surface area (Å²) >= 11 is 0. The van der Waals surface area contributed by atoms with E-state index in [0.717, 1.165) is 31.5 Å². The van der Waals surface area contributed by atoms with Crippen molar-refractivity contribution in [3.63, 3.8) is 0 Å². The Labute approximate surface area is 155 Å². The summed E-state index contributed by atoms with van der Waals surface area (Å²) in [6.07, 6.45) is 3.88. The molecule has 2 saturated heterocycles. The van der Waals surface area contributed by atoms with Crippen LogP contribution < -0.4 is 26.2 Å². The largest absolute Gasteiger partial charge is 0.475 e. The summed E-state index contributed by atoms with van der Waals surface area (Å²) in [7, 11) is 0. The number of nitrogens with zero attached hydrogens (tertiary/aromatic N) is 1. The predicted molar refractivity (Wildman–Crippen MR) is 100 cm³/mol. The van der Waals surface area contributed by atoms with Gasteiger partial charge in [0, 0.05) is 37.3 Å². The normalized spacial score (nSPS) is 26.4. The van der Waals surface area contributed by atoms with E-state index in [1.165, 1.54) is 0 Å². The summed E-state index contributed by atoms with van der Waals surface area (Å²) in [6, 6.07) is 3.99. The number of nitrogens with one attached hydrogen (secondary N) is 4. The highest BCUT2D eigenvalue weighted by Gasteiger charge is 2.40. The molecule has 1 amide bonds. The molecule has 7 heteroatoms. The highest BCUT2D eigenvalue weighted by molar-refractivity contribution is 5.82. The van der Waals surface area contributed by atoms with Crippen LogP contribution in [0, 0.1) is 11.8 Å². The van der Waals surface area contributed by atoms with Crippen LogP contribution in [0.15, 0.2) is 18.3 Å². The van der Waals surface area contributed by atoms with E-state index in [9.17, 15) is 4.79 Å². The Balaban J connectivity index is 1.51. The summed E-state index contributed by atoms with van der Waals surface area (Å²) in [5.41, 5.74) is 7.39. The molecule has 0 radical (unpaired) electrons. The smallest absolute Gasteiger partial charge is 0.239 e. The number of carbonyl (C=O) groups excluding carboxylic acids is 1. The molecule has 0 saturated carbocycles. The molecule has 2 aliphatic heterocycles. The van der Waals surface area contributed by atoms with E-state index < -0.39 is 0 Å². The molecule has 2 aliphatic rings. The van der Waals surface area contributed by atoms with E-state index >= 15 is 0 Å². The fraction of sp³-hybridized carbons (Fsp3) is 0.684. The quantitative estimate of drug-likeness (QED) is 0.579. The second-order valence-electron chi connectivity index (χ2n) is 7.81. The van der Waals surface area contributed by atoms with E-state index in [2.05, 4.69) is 47.2 Å². The minimum absolute atomic E-state index is 0.0288. The molecule has 4 unspecified atom stereocenters. The monoisotopic (exact) mass is 361 g/mol. The molecule has 144 valence electrons. The lowest BCUT2D eigenvalue weighted by molar-refractivity contribution is -0.124. The Morgan fingerprint density at radius 1 is 1.38 bits per heavy atom. The molecular formula is C19H31N5O2. The van der Waals surface area contributed by atoms with Gasteiger partial charge in [0.1, 0.15) is 6.04 Å². The van der Waals surface area contributed by atoms with E-state index in [0.29, 0.717) is 24.4 Å². The fourth-order valence-electron chi connectivity index (χ4n) is 3.82. The van der Waals surface area contributed by atoms with Crippen molar-refractivity contribution in [1.82, 2.24) is 26.5 Å². The number of pyridine rings is 1. The standard InChI is InChI=1S/C19H31N5O2/c1-12(2)8-13(3)26-17-9-14(4-7-21-17)10-22-19(25)18-15-11-20-6-5-16(15)23-24-18/h4,7,9,12-13,15-16,18,20,23-24H,5-6,8,10-11H2,1-3H3,(H,22,25). The molecule has 3 heterocycles. The Morgan fingerprint density at radius 2 is 2.23 bits per heavy atom. The summed E-state index contributed by atoms with van der Waals surface area (Å²) in [4.78, 5) is 16.8. The second kappa shape index (κ2) is 8.79. The summed E-state index contributed by atoms with van der Waals surface area (Å²) in [5.74, 6) is 1.51. The number of hydrazine groups is 1. The van der Waals surface area contributed by atoms with Gasteiger partial charge in [0.25, 0.3) is 0 Å². The number of hydrogen-bond acceptors (Lipinski definition) is 6. The molecule has 0 bridgehead atoms. The highest BCUT2D eigenvalue weighted by Crippen LogP contribution is 2.20. The van der Waals surface area contributed by atoms with Gasteiger partial charge in [-0.3, -0.25) is 10.2 Å². The first kappa shape index (κ1) is 19.1. The average Bonchev–Trinajstić information content (AvgIpc) is 3.03. The van der Waals surface area contributed by atoms with Crippen molar-refractivity contribution in [3.05, 3.63) is 23.9 Å². The zero-order valence-electron chi connectivity index (χ0n) is 15.9. The predicted octanol–water partition coefficient (Wildman–Crippen LogP) is 0.966. The van der Waals surface area contributed by atoms with Gasteiger partial charge in [-0.15, -0.1) is 0 Å². The molecule has 1 aromatic rings. The first-order chi connectivity index (χ1) is 12.5. The van der Waals surface area contributed by atoms with Crippen LogP contribution in [0.25, 0.3) is 0 Å². The first-order valence-corrected chi connectivity index (χ1v) is 9.64. The van der Waals surface area contributed by atoms with Crippen molar-refractivity contribution in [2.24, 2.45) is 11.8 Å². The van der Waals surface area contributed by atoms with Crippen LogP contribution in [0.2, 0.25) is 0 Å². The summed E-state index contributed by atoms with van der Waals surface area (Å²) in [6.45, 7) is 8.75. The van der Waals surface area contributed by atoms with Gasteiger partial charge < -0.3 is 15.4 Å². The fourth-order valence-corrected chi connectivity index (χ4v) is 3.82. The lowest BCUT2D eigenvalue weighted by atomic mass is 9.89. The van der Waals surface area contributed by atoms with E-state index in [4.69, 9.17) is 4.74 Å². The van der Waals surface area contributed by atoms with E-state index in [-0.39, 0.29) is 24.0 Å². The van der Waals surface area contributed by atoms with Gasteiger partial charge in [0.05, 0.1) is 6.10 Å². The maximum atomic E-state index is 12.6. The van der Waals surface area contributed by atoms with Crippen molar-refractivity contribution in [2.45, 2.75) is 58.3 Å². The molecule has 3 rings (SSSR count). The number of fused-ring (bicyclic) bond motifs is 1. The molecule has 1 aromatic heterocycles. The highest BCUT2D eigenvalue weighted by atomic mass is 16.5. The van der Waals surface area contributed by atoms with Gasteiger partial charge in [-0.1, -0.05) is 13.8 Å². The maximum Gasteiger partial charge on any atom is 0.239 e. The molecule has 4 N–H and O–H groups in total. The number of piperidine rings is 1. The minimum atomic E-state index is -0.198. The minimum Gasteiger partial charge on any atom is -0.475 e.